The zero-order valence-corrected chi connectivity index (χ0v) is 18.8. The Hall–Kier alpha value is -4.20. The number of nitrogens with zero attached hydrogens (tertiary/aromatic N) is 1. The van der Waals surface area contributed by atoms with Crippen molar-refractivity contribution in [2.45, 2.75) is 13.8 Å². The first kappa shape index (κ1) is 22.0. The lowest BCUT2D eigenvalue weighted by Crippen LogP contribution is -2.09. The van der Waals surface area contributed by atoms with Crippen LogP contribution in [0.15, 0.2) is 63.9 Å². The summed E-state index contributed by atoms with van der Waals surface area (Å²) in [6, 6.07) is 11.1. The molecule has 2 heterocycles. The van der Waals surface area contributed by atoms with Gasteiger partial charge in [-0.3, -0.25) is 4.79 Å². The van der Waals surface area contributed by atoms with Gasteiger partial charge in [0.1, 0.15) is 17.6 Å². The van der Waals surface area contributed by atoms with Gasteiger partial charge in [0.15, 0.2) is 17.3 Å². The zero-order chi connectivity index (χ0) is 23.4. The molecular weight excluding hydrogens is 424 g/mol. The first-order valence-electron chi connectivity index (χ1n) is 10.3. The van der Waals surface area contributed by atoms with E-state index in [0.717, 1.165) is 27.6 Å². The number of methoxy groups -OCH3 is 2. The van der Waals surface area contributed by atoms with E-state index in [0.29, 0.717) is 35.3 Å². The summed E-state index contributed by atoms with van der Waals surface area (Å²) in [5, 5.41) is 7.24. The number of rotatable bonds is 8. The highest BCUT2D eigenvalue weighted by atomic mass is 16.5. The van der Waals surface area contributed by atoms with E-state index in [9.17, 15) is 4.79 Å². The summed E-state index contributed by atoms with van der Waals surface area (Å²) < 4.78 is 27.2. The van der Waals surface area contributed by atoms with E-state index >= 15 is 0 Å². The minimum absolute atomic E-state index is 0.323. The Labute approximate surface area is 190 Å². The number of anilines is 1. The van der Waals surface area contributed by atoms with Gasteiger partial charge in [-0.1, -0.05) is 11.2 Å². The average Bonchev–Trinajstić information content (AvgIpc) is 3.47. The van der Waals surface area contributed by atoms with Gasteiger partial charge in [-0.15, -0.1) is 0 Å². The molecule has 4 aromatic rings. The number of amides is 1. The molecule has 0 spiro atoms. The molecular formula is C25H24N2O6. The van der Waals surface area contributed by atoms with Crippen molar-refractivity contribution < 1.29 is 27.9 Å². The summed E-state index contributed by atoms with van der Waals surface area (Å²) in [4.78, 5) is 12.4. The van der Waals surface area contributed by atoms with Crippen LogP contribution in [-0.4, -0.2) is 31.9 Å². The minimum atomic E-state index is -0.323. The largest absolute Gasteiger partial charge is 0.493 e. The van der Waals surface area contributed by atoms with Gasteiger partial charge in [0.2, 0.25) is 5.91 Å². The first-order valence-corrected chi connectivity index (χ1v) is 10.3. The molecule has 8 heteroatoms. The van der Waals surface area contributed by atoms with Crippen LogP contribution in [0.1, 0.15) is 19.4 Å². The fourth-order valence-electron chi connectivity index (χ4n) is 3.58. The Balaban J connectivity index is 1.77. The summed E-state index contributed by atoms with van der Waals surface area (Å²) in [6.07, 6.45) is 4.58. The van der Waals surface area contributed by atoms with Crippen LogP contribution in [0.5, 0.6) is 17.2 Å². The molecule has 0 bridgehead atoms. The number of hydrogen-bond donors (Lipinski definition) is 1. The fraction of sp³-hybridized carbons (Fsp3) is 0.200. The SMILES string of the molecule is CCOc1cc2occ(-c3ccc(OC)c(OC)c3)c2cc1/C(C)=C/C(=O)Nc1ccon1. The number of carbonyl (C=O) groups is 1. The van der Waals surface area contributed by atoms with Gasteiger partial charge in [0, 0.05) is 34.7 Å². The maximum absolute atomic E-state index is 12.4. The first-order chi connectivity index (χ1) is 16.0. The van der Waals surface area contributed by atoms with Gasteiger partial charge in [-0.2, -0.15) is 0 Å². The molecule has 8 nitrogen and oxygen atoms in total. The second-order valence-electron chi connectivity index (χ2n) is 7.20. The number of fused-ring (bicyclic) bond motifs is 1. The van der Waals surface area contributed by atoms with Crippen molar-refractivity contribution >= 4 is 28.3 Å². The van der Waals surface area contributed by atoms with Gasteiger partial charge in [0.25, 0.3) is 0 Å². The Morgan fingerprint density at radius 1 is 1.09 bits per heavy atom. The predicted molar refractivity (Wildman–Crippen MR) is 125 cm³/mol. The zero-order valence-electron chi connectivity index (χ0n) is 18.8. The maximum Gasteiger partial charge on any atom is 0.249 e. The monoisotopic (exact) mass is 448 g/mol. The smallest absolute Gasteiger partial charge is 0.249 e. The number of carbonyl (C=O) groups excluding carboxylic acids is 1. The number of allylic oxidation sites excluding steroid dienone is 1. The normalized spacial score (nSPS) is 11.5. The van der Waals surface area contributed by atoms with Crippen LogP contribution in [-0.2, 0) is 4.79 Å². The van der Waals surface area contributed by atoms with E-state index in [1.807, 2.05) is 44.2 Å². The molecule has 2 aromatic heterocycles. The quantitative estimate of drug-likeness (QED) is 0.353. The van der Waals surface area contributed by atoms with E-state index in [2.05, 4.69) is 10.5 Å². The molecule has 170 valence electrons. The van der Waals surface area contributed by atoms with E-state index < -0.39 is 0 Å². The van der Waals surface area contributed by atoms with Crippen LogP contribution in [0.4, 0.5) is 5.82 Å². The van der Waals surface area contributed by atoms with Crippen molar-refractivity contribution in [1.82, 2.24) is 5.16 Å². The molecule has 2 aromatic carbocycles. The summed E-state index contributed by atoms with van der Waals surface area (Å²) >= 11 is 0. The lowest BCUT2D eigenvalue weighted by Gasteiger charge is -2.12. The van der Waals surface area contributed by atoms with Crippen molar-refractivity contribution in [3.05, 3.63) is 60.6 Å². The van der Waals surface area contributed by atoms with E-state index in [4.69, 9.17) is 23.2 Å². The lowest BCUT2D eigenvalue weighted by molar-refractivity contribution is -0.111. The van der Waals surface area contributed by atoms with Crippen LogP contribution < -0.4 is 19.5 Å². The Bertz CT molecular complexity index is 1300. The van der Waals surface area contributed by atoms with Gasteiger partial charge < -0.3 is 28.5 Å². The topological polar surface area (TPSA) is 96.0 Å². The molecule has 0 unspecified atom stereocenters. The second-order valence-corrected chi connectivity index (χ2v) is 7.20. The number of ether oxygens (including phenoxy) is 3. The highest BCUT2D eigenvalue weighted by Crippen LogP contribution is 2.40. The lowest BCUT2D eigenvalue weighted by atomic mass is 9.99. The van der Waals surface area contributed by atoms with Crippen LogP contribution in [0.2, 0.25) is 0 Å². The van der Waals surface area contributed by atoms with E-state index in [-0.39, 0.29) is 5.91 Å². The van der Waals surface area contributed by atoms with Crippen molar-refractivity contribution in [2.24, 2.45) is 0 Å². The van der Waals surface area contributed by atoms with Gasteiger partial charge in [-0.25, -0.2) is 0 Å². The summed E-state index contributed by atoms with van der Waals surface area (Å²) in [5.74, 6) is 1.91. The molecule has 0 aliphatic rings. The second kappa shape index (κ2) is 9.52. The molecule has 0 aliphatic heterocycles. The molecule has 0 aliphatic carbocycles. The molecule has 0 atom stereocenters. The van der Waals surface area contributed by atoms with Gasteiger partial charge in [0.05, 0.1) is 27.1 Å². The number of nitrogens with one attached hydrogen (secondary N) is 1. The van der Waals surface area contributed by atoms with Crippen molar-refractivity contribution in [1.29, 1.82) is 0 Å². The number of benzene rings is 2. The number of furan rings is 1. The third-order valence-electron chi connectivity index (χ3n) is 5.13. The highest BCUT2D eigenvalue weighted by molar-refractivity contribution is 6.05. The molecule has 0 radical (unpaired) electrons. The molecule has 1 N–H and O–H groups in total. The number of aromatic nitrogens is 1. The van der Waals surface area contributed by atoms with Crippen molar-refractivity contribution in [3.8, 4) is 28.4 Å². The van der Waals surface area contributed by atoms with Gasteiger partial charge in [-0.05, 0) is 43.2 Å². The highest BCUT2D eigenvalue weighted by Gasteiger charge is 2.17. The third-order valence-corrected chi connectivity index (χ3v) is 5.13. The Morgan fingerprint density at radius 2 is 1.91 bits per heavy atom. The van der Waals surface area contributed by atoms with Crippen LogP contribution in [0, 0.1) is 0 Å². The van der Waals surface area contributed by atoms with Crippen molar-refractivity contribution in [2.75, 3.05) is 26.1 Å². The predicted octanol–water partition coefficient (Wildman–Crippen LogP) is 5.55. The van der Waals surface area contributed by atoms with E-state index in [1.165, 1.54) is 12.3 Å². The van der Waals surface area contributed by atoms with E-state index in [1.54, 1.807) is 26.5 Å². The molecule has 4 rings (SSSR count). The summed E-state index contributed by atoms with van der Waals surface area (Å²) in [5.41, 5.74) is 3.97. The molecule has 0 fully saturated rings. The summed E-state index contributed by atoms with van der Waals surface area (Å²) in [7, 11) is 3.19. The summed E-state index contributed by atoms with van der Waals surface area (Å²) in [6.45, 7) is 4.23. The molecule has 0 saturated carbocycles. The Morgan fingerprint density at radius 3 is 2.61 bits per heavy atom. The third kappa shape index (κ3) is 4.55. The van der Waals surface area contributed by atoms with Crippen molar-refractivity contribution in [3.63, 3.8) is 0 Å². The standard InChI is InChI=1S/C25H24N2O6/c1-5-31-21-13-22-18(12-17(21)15(2)10-25(28)26-24-8-9-33-27-24)19(14-32-22)16-6-7-20(29-3)23(11-16)30-4/h6-14H,5H2,1-4H3,(H,26,27,28)/b15-10+. The van der Waals surface area contributed by atoms with Gasteiger partial charge >= 0.3 is 0 Å². The fourth-order valence-corrected chi connectivity index (χ4v) is 3.58. The molecule has 33 heavy (non-hydrogen) atoms. The molecule has 0 saturated heterocycles. The molecule has 1 amide bonds. The number of hydrogen-bond acceptors (Lipinski definition) is 7. The Kier molecular flexibility index (Phi) is 6.35. The van der Waals surface area contributed by atoms with Crippen LogP contribution in [0.3, 0.4) is 0 Å². The minimum Gasteiger partial charge on any atom is -0.493 e. The van der Waals surface area contributed by atoms with Crippen LogP contribution in [0.25, 0.3) is 27.7 Å². The average molecular weight is 448 g/mol. The maximum atomic E-state index is 12.4. The van der Waals surface area contributed by atoms with Crippen LogP contribution >= 0.6 is 0 Å².